The van der Waals surface area contributed by atoms with E-state index in [0.29, 0.717) is 18.3 Å². The molecule has 1 nitrogen and oxygen atoms in total. The molecule has 2 aliphatic carbocycles. The third-order valence-electron chi connectivity index (χ3n) is 8.18. The number of fused-ring (bicyclic) bond motifs is 2. The van der Waals surface area contributed by atoms with Crippen LogP contribution >= 0.6 is 0 Å². The average molecular weight is 437 g/mol. The van der Waals surface area contributed by atoms with Crippen molar-refractivity contribution in [2.24, 2.45) is 17.8 Å². The van der Waals surface area contributed by atoms with Gasteiger partial charge in [0, 0.05) is 11.5 Å². The van der Waals surface area contributed by atoms with E-state index in [-0.39, 0.29) is 5.82 Å². The Hall–Kier alpha value is -1.83. The van der Waals surface area contributed by atoms with E-state index in [9.17, 15) is 4.39 Å². The molecule has 32 heavy (non-hydrogen) atoms. The molecule has 0 bridgehead atoms. The van der Waals surface area contributed by atoms with E-state index in [2.05, 4.69) is 31.7 Å². The summed E-state index contributed by atoms with van der Waals surface area (Å²) in [7, 11) is 0. The molecule has 0 aliphatic heterocycles. The summed E-state index contributed by atoms with van der Waals surface area (Å²) in [6.07, 6.45) is 18.4. The number of benzene rings is 2. The highest BCUT2D eigenvalue weighted by Crippen LogP contribution is 2.48. The van der Waals surface area contributed by atoms with Crippen LogP contribution in [0.25, 0.3) is 10.8 Å². The standard InChI is InChI=1S/C30H41FO/c1-3-5-6-7-8-9-22-10-11-24-18-25(13-12-23(24)17-22)26-14-15-27-19-28(32-16-4-2)21-30(31)29(27)20-26/h4,14-15,19-25H,2-3,5-13,16-18H2,1H3. The molecular formula is C30H41FO. The second-order valence-corrected chi connectivity index (χ2v) is 10.4. The minimum atomic E-state index is -0.184. The number of hydrogen-bond donors (Lipinski definition) is 0. The first kappa shape index (κ1) is 23.3. The van der Waals surface area contributed by atoms with Crippen LogP contribution in [0, 0.1) is 23.6 Å². The molecule has 0 amide bonds. The molecule has 2 aromatic carbocycles. The molecule has 4 atom stereocenters. The molecule has 174 valence electrons. The molecule has 0 radical (unpaired) electrons. The van der Waals surface area contributed by atoms with Crippen LogP contribution in [0.3, 0.4) is 0 Å². The summed E-state index contributed by atoms with van der Waals surface area (Å²) in [5.74, 6) is 3.76. The van der Waals surface area contributed by atoms with E-state index in [1.165, 1.54) is 88.7 Å². The fourth-order valence-electron chi connectivity index (χ4n) is 6.38. The number of unbranched alkanes of at least 4 members (excludes halogenated alkanes) is 4. The van der Waals surface area contributed by atoms with Crippen LogP contribution in [-0.4, -0.2) is 6.61 Å². The van der Waals surface area contributed by atoms with Gasteiger partial charge >= 0.3 is 0 Å². The quantitative estimate of drug-likeness (QED) is 0.266. The summed E-state index contributed by atoms with van der Waals surface area (Å²) < 4.78 is 20.3. The normalized spacial score (nSPS) is 25.4. The van der Waals surface area contributed by atoms with Gasteiger partial charge in [-0.2, -0.15) is 0 Å². The van der Waals surface area contributed by atoms with E-state index in [1.807, 2.05) is 6.07 Å². The Balaban J connectivity index is 1.34. The molecule has 2 aromatic rings. The van der Waals surface area contributed by atoms with Crippen LogP contribution < -0.4 is 4.74 Å². The van der Waals surface area contributed by atoms with Gasteiger partial charge in [0.05, 0.1) is 0 Å². The Labute approximate surface area is 194 Å². The molecule has 2 saturated carbocycles. The lowest BCUT2D eigenvalue weighted by molar-refractivity contribution is 0.113. The van der Waals surface area contributed by atoms with Crippen molar-refractivity contribution in [1.82, 2.24) is 0 Å². The molecule has 0 heterocycles. The lowest BCUT2D eigenvalue weighted by Crippen LogP contribution is -2.30. The fourth-order valence-corrected chi connectivity index (χ4v) is 6.38. The van der Waals surface area contributed by atoms with Crippen molar-refractivity contribution in [3.8, 4) is 5.75 Å². The predicted molar refractivity (Wildman–Crippen MR) is 134 cm³/mol. The summed E-state index contributed by atoms with van der Waals surface area (Å²) in [6.45, 7) is 6.35. The van der Waals surface area contributed by atoms with Gasteiger partial charge in [0.15, 0.2) is 0 Å². The van der Waals surface area contributed by atoms with Crippen molar-refractivity contribution in [3.05, 3.63) is 54.4 Å². The van der Waals surface area contributed by atoms with Gasteiger partial charge in [0.25, 0.3) is 0 Å². The second-order valence-electron chi connectivity index (χ2n) is 10.4. The summed E-state index contributed by atoms with van der Waals surface area (Å²) in [5.41, 5.74) is 1.33. The van der Waals surface area contributed by atoms with Crippen molar-refractivity contribution >= 4 is 10.8 Å². The molecule has 0 aromatic heterocycles. The van der Waals surface area contributed by atoms with Gasteiger partial charge in [-0.15, -0.1) is 0 Å². The third-order valence-corrected chi connectivity index (χ3v) is 8.18. The molecule has 0 saturated heterocycles. The number of rotatable bonds is 10. The predicted octanol–water partition coefficient (Wildman–Crippen LogP) is 9.20. The van der Waals surface area contributed by atoms with E-state index < -0.39 is 0 Å². The summed E-state index contributed by atoms with van der Waals surface area (Å²) in [4.78, 5) is 0. The topological polar surface area (TPSA) is 9.23 Å². The zero-order valence-electron chi connectivity index (χ0n) is 20.0. The average Bonchev–Trinajstić information content (AvgIpc) is 2.82. The monoisotopic (exact) mass is 436 g/mol. The zero-order valence-corrected chi connectivity index (χ0v) is 20.0. The minimum Gasteiger partial charge on any atom is -0.489 e. The maximum absolute atomic E-state index is 14.8. The van der Waals surface area contributed by atoms with Crippen LogP contribution in [-0.2, 0) is 0 Å². The van der Waals surface area contributed by atoms with Crippen molar-refractivity contribution in [3.63, 3.8) is 0 Å². The Morgan fingerprint density at radius 2 is 1.78 bits per heavy atom. The highest BCUT2D eigenvalue weighted by atomic mass is 19.1. The molecule has 2 fully saturated rings. The maximum atomic E-state index is 14.8. The van der Waals surface area contributed by atoms with E-state index in [4.69, 9.17) is 4.74 Å². The van der Waals surface area contributed by atoms with E-state index >= 15 is 0 Å². The molecular weight excluding hydrogens is 395 g/mol. The summed E-state index contributed by atoms with van der Waals surface area (Å²) in [5, 5.41) is 1.64. The maximum Gasteiger partial charge on any atom is 0.134 e. The van der Waals surface area contributed by atoms with Crippen LogP contribution in [0.4, 0.5) is 4.39 Å². The van der Waals surface area contributed by atoms with Gasteiger partial charge in [-0.3, -0.25) is 0 Å². The highest BCUT2D eigenvalue weighted by molar-refractivity contribution is 5.85. The summed E-state index contributed by atoms with van der Waals surface area (Å²) >= 11 is 0. The molecule has 4 unspecified atom stereocenters. The SMILES string of the molecule is C=CCOc1cc(F)c2cc(C3CCC4CC(CCCCCCC)CCC4C3)ccc2c1. The highest BCUT2D eigenvalue weighted by Gasteiger charge is 2.35. The smallest absolute Gasteiger partial charge is 0.134 e. The Morgan fingerprint density at radius 3 is 2.62 bits per heavy atom. The van der Waals surface area contributed by atoms with Gasteiger partial charge in [-0.05, 0) is 78.9 Å². The Morgan fingerprint density at radius 1 is 0.969 bits per heavy atom. The van der Waals surface area contributed by atoms with Gasteiger partial charge in [0.2, 0.25) is 0 Å². The first-order valence-electron chi connectivity index (χ1n) is 13.1. The van der Waals surface area contributed by atoms with Crippen LogP contribution in [0.1, 0.15) is 95.5 Å². The largest absolute Gasteiger partial charge is 0.489 e. The van der Waals surface area contributed by atoms with Crippen molar-refractivity contribution < 1.29 is 9.13 Å². The van der Waals surface area contributed by atoms with Crippen molar-refractivity contribution in [2.75, 3.05) is 6.61 Å². The molecule has 4 rings (SSSR count). The first-order valence-corrected chi connectivity index (χ1v) is 13.1. The second kappa shape index (κ2) is 11.3. The van der Waals surface area contributed by atoms with Gasteiger partial charge in [0.1, 0.15) is 18.2 Å². The molecule has 2 aliphatic rings. The van der Waals surface area contributed by atoms with Gasteiger partial charge in [-0.1, -0.05) is 76.7 Å². The van der Waals surface area contributed by atoms with Crippen LogP contribution in [0.5, 0.6) is 5.75 Å². The minimum absolute atomic E-state index is 0.184. The first-order chi connectivity index (χ1) is 15.7. The molecule has 0 N–H and O–H groups in total. The zero-order chi connectivity index (χ0) is 22.3. The number of hydrogen-bond acceptors (Lipinski definition) is 1. The molecule has 0 spiro atoms. The Kier molecular flexibility index (Phi) is 8.27. The van der Waals surface area contributed by atoms with Gasteiger partial charge < -0.3 is 4.74 Å². The van der Waals surface area contributed by atoms with E-state index in [0.717, 1.165) is 28.5 Å². The van der Waals surface area contributed by atoms with Crippen LogP contribution in [0.2, 0.25) is 0 Å². The van der Waals surface area contributed by atoms with E-state index in [1.54, 1.807) is 6.08 Å². The Bertz CT molecular complexity index is 888. The molecule has 2 heteroatoms. The summed E-state index contributed by atoms with van der Waals surface area (Å²) in [6, 6.07) is 9.86. The van der Waals surface area contributed by atoms with Crippen molar-refractivity contribution in [1.29, 1.82) is 0 Å². The van der Waals surface area contributed by atoms with Crippen LogP contribution in [0.15, 0.2) is 43.0 Å². The fraction of sp³-hybridized carbons (Fsp3) is 0.600. The lowest BCUT2D eigenvalue weighted by atomic mass is 9.63. The third kappa shape index (κ3) is 5.74. The number of ether oxygens (including phenoxy) is 1. The lowest BCUT2D eigenvalue weighted by Gasteiger charge is -2.42. The number of halogens is 1. The van der Waals surface area contributed by atoms with Gasteiger partial charge in [-0.25, -0.2) is 4.39 Å². The van der Waals surface area contributed by atoms with Crippen molar-refractivity contribution in [2.45, 2.75) is 89.9 Å².